The van der Waals surface area contributed by atoms with Crippen LogP contribution >= 0.6 is 15.9 Å². The molecular weight excluding hydrogens is 249 g/mol. The molecule has 2 N–H and O–H groups in total. The van der Waals surface area contributed by atoms with E-state index in [1.807, 2.05) is 0 Å². The molecule has 78 valence electrons. The normalized spacial score (nSPS) is 12.9. The Morgan fingerprint density at radius 1 is 1.57 bits per heavy atom. The summed E-state index contributed by atoms with van der Waals surface area (Å²) in [6, 6.07) is 2.99. The lowest BCUT2D eigenvalue weighted by Gasteiger charge is -2.15. The molecule has 1 aromatic carbocycles. The Labute approximate surface area is 91.3 Å². The molecule has 4 heteroatoms. The van der Waals surface area contributed by atoms with Crippen LogP contribution in [0.1, 0.15) is 17.2 Å². The van der Waals surface area contributed by atoms with E-state index < -0.39 is 6.10 Å². The van der Waals surface area contributed by atoms with Crippen molar-refractivity contribution in [2.75, 3.05) is 13.6 Å². The SMILES string of the molecule is CNCC(O)c1c(F)ccc(Br)c1C. The molecule has 0 saturated carbocycles. The molecule has 1 rings (SSSR count). The fourth-order valence-corrected chi connectivity index (χ4v) is 1.72. The maximum absolute atomic E-state index is 13.4. The third-order valence-corrected chi connectivity index (χ3v) is 2.99. The van der Waals surface area contributed by atoms with E-state index in [0.29, 0.717) is 12.1 Å². The van der Waals surface area contributed by atoms with Crippen LogP contribution in [-0.4, -0.2) is 18.7 Å². The van der Waals surface area contributed by atoms with E-state index in [4.69, 9.17) is 0 Å². The maximum Gasteiger partial charge on any atom is 0.129 e. The minimum atomic E-state index is -0.808. The van der Waals surface area contributed by atoms with Crippen molar-refractivity contribution in [3.63, 3.8) is 0 Å². The first kappa shape index (κ1) is 11.6. The first-order valence-corrected chi connectivity index (χ1v) is 5.14. The van der Waals surface area contributed by atoms with Crippen LogP contribution in [0.3, 0.4) is 0 Å². The number of halogens is 2. The fraction of sp³-hybridized carbons (Fsp3) is 0.400. The standard InChI is InChI=1S/C10H13BrFNO/c1-6-7(11)3-4-8(12)10(6)9(14)5-13-2/h3-4,9,13-14H,5H2,1-2H3. The van der Waals surface area contributed by atoms with Gasteiger partial charge in [0.25, 0.3) is 0 Å². The summed E-state index contributed by atoms with van der Waals surface area (Å²) in [6.07, 6.45) is -0.808. The second kappa shape index (κ2) is 4.87. The number of likely N-dealkylation sites (N-methyl/N-ethyl adjacent to an activating group) is 1. The fourth-order valence-electron chi connectivity index (χ4n) is 1.37. The van der Waals surface area contributed by atoms with E-state index in [0.717, 1.165) is 10.0 Å². The molecular formula is C10H13BrFNO. The van der Waals surface area contributed by atoms with Gasteiger partial charge in [0.1, 0.15) is 5.82 Å². The van der Waals surface area contributed by atoms with Crippen LogP contribution in [-0.2, 0) is 0 Å². The van der Waals surface area contributed by atoms with Gasteiger partial charge in [-0.2, -0.15) is 0 Å². The topological polar surface area (TPSA) is 32.3 Å². The molecule has 0 aliphatic carbocycles. The molecule has 14 heavy (non-hydrogen) atoms. The minimum absolute atomic E-state index is 0.341. The lowest BCUT2D eigenvalue weighted by atomic mass is 10.0. The number of rotatable bonds is 3. The Morgan fingerprint density at radius 2 is 2.21 bits per heavy atom. The van der Waals surface area contributed by atoms with Crippen molar-refractivity contribution in [1.82, 2.24) is 5.32 Å². The van der Waals surface area contributed by atoms with Crippen molar-refractivity contribution in [2.24, 2.45) is 0 Å². The highest BCUT2D eigenvalue weighted by molar-refractivity contribution is 9.10. The monoisotopic (exact) mass is 261 g/mol. The average Bonchev–Trinajstić information content (AvgIpc) is 2.13. The predicted octanol–water partition coefficient (Wildman–Crippen LogP) is 2.15. The summed E-state index contributed by atoms with van der Waals surface area (Å²) in [4.78, 5) is 0. The molecule has 1 atom stereocenters. The van der Waals surface area contributed by atoms with Gasteiger partial charge in [-0.1, -0.05) is 15.9 Å². The average molecular weight is 262 g/mol. The molecule has 0 spiro atoms. The Morgan fingerprint density at radius 3 is 2.79 bits per heavy atom. The largest absolute Gasteiger partial charge is 0.387 e. The summed E-state index contributed by atoms with van der Waals surface area (Å²) in [6.45, 7) is 2.12. The summed E-state index contributed by atoms with van der Waals surface area (Å²) in [5, 5.41) is 12.5. The van der Waals surface area contributed by atoms with Crippen molar-refractivity contribution in [1.29, 1.82) is 0 Å². The van der Waals surface area contributed by atoms with Crippen LogP contribution in [0.15, 0.2) is 16.6 Å². The summed E-state index contributed by atoms with van der Waals surface area (Å²) in [7, 11) is 1.72. The van der Waals surface area contributed by atoms with E-state index in [2.05, 4.69) is 21.2 Å². The number of aliphatic hydroxyl groups is 1. The highest BCUT2D eigenvalue weighted by atomic mass is 79.9. The number of benzene rings is 1. The van der Waals surface area contributed by atoms with Crippen molar-refractivity contribution < 1.29 is 9.50 Å². The zero-order chi connectivity index (χ0) is 10.7. The van der Waals surface area contributed by atoms with Crippen LogP contribution < -0.4 is 5.32 Å². The van der Waals surface area contributed by atoms with E-state index in [9.17, 15) is 9.50 Å². The Balaban J connectivity index is 3.11. The van der Waals surface area contributed by atoms with Crippen LogP contribution in [0.4, 0.5) is 4.39 Å². The smallest absolute Gasteiger partial charge is 0.129 e. The third kappa shape index (κ3) is 2.32. The molecule has 0 aliphatic rings. The van der Waals surface area contributed by atoms with Gasteiger partial charge in [0.15, 0.2) is 0 Å². The van der Waals surface area contributed by atoms with Gasteiger partial charge in [-0.3, -0.25) is 0 Å². The number of hydrogen-bond donors (Lipinski definition) is 2. The molecule has 0 amide bonds. The molecule has 2 nitrogen and oxygen atoms in total. The Hall–Kier alpha value is -0.450. The van der Waals surface area contributed by atoms with Gasteiger partial charge >= 0.3 is 0 Å². The van der Waals surface area contributed by atoms with Crippen molar-refractivity contribution >= 4 is 15.9 Å². The number of hydrogen-bond acceptors (Lipinski definition) is 2. The van der Waals surface area contributed by atoms with E-state index in [-0.39, 0.29) is 5.82 Å². The van der Waals surface area contributed by atoms with Crippen LogP contribution in [0, 0.1) is 12.7 Å². The molecule has 0 saturated heterocycles. The highest BCUT2D eigenvalue weighted by Crippen LogP contribution is 2.27. The van der Waals surface area contributed by atoms with Gasteiger partial charge in [0.2, 0.25) is 0 Å². The first-order chi connectivity index (χ1) is 6.57. The molecule has 0 radical (unpaired) electrons. The number of aliphatic hydroxyl groups excluding tert-OH is 1. The van der Waals surface area contributed by atoms with Gasteiger partial charge in [0, 0.05) is 16.6 Å². The summed E-state index contributed by atoms with van der Waals surface area (Å²) < 4.78 is 14.2. The lowest BCUT2D eigenvalue weighted by molar-refractivity contribution is 0.172. The lowest BCUT2D eigenvalue weighted by Crippen LogP contribution is -2.18. The minimum Gasteiger partial charge on any atom is -0.387 e. The highest BCUT2D eigenvalue weighted by Gasteiger charge is 2.16. The van der Waals surface area contributed by atoms with Crippen LogP contribution in [0.5, 0.6) is 0 Å². The molecule has 0 fully saturated rings. The second-order valence-electron chi connectivity index (χ2n) is 3.14. The molecule has 0 aromatic heterocycles. The third-order valence-electron chi connectivity index (χ3n) is 2.13. The van der Waals surface area contributed by atoms with E-state index >= 15 is 0 Å². The van der Waals surface area contributed by atoms with Gasteiger partial charge in [-0.25, -0.2) is 4.39 Å². The van der Waals surface area contributed by atoms with Gasteiger partial charge in [0.05, 0.1) is 6.10 Å². The van der Waals surface area contributed by atoms with Crippen LogP contribution in [0.25, 0.3) is 0 Å². The summed E-state index contributed by atoms with van der Waals surface area (Å²) in [5.41, 5.74) is 1.10. The van der Waals surface area contributed by atoms with E-state index in [1.165, 1.54) is 6.07 Å². The Bertz CT molecular complexity index is 330. The Kier molecular flexibility index (Phi) is 4.04. The predicted molar refractivity (Wildman–Crippen MR) is 57.7 cm³/mol. The molecule has 0 bridgehead atoms. The van der Waals surface area contributed by atoms with Gasteiger partial charge in [-0.05, 0) is 31.7 Å². The summed E-state index contributed by atoms with van der Waals surface area (Å²) in [5.74, 6) is -0.367. The summed E-state index contributed by atoms with van der Waals surface area (Å²) >= 11 is 3.30. The second-order valence-corrected chi connectivity index (χ2v) is 4.00. The molecule has 0 aliphatic heterocycles. The number of nitrogens with one attached hydrogen (secondary N) is 1. The zero-order valence-electron chi connectivity index (χ0n) is 8.14. The van der Waals surface area contributed by atoms with Crippen molar-refractivity contribution in [3.05, 3.63) is 33.5 Å². The molecule has 1 unspecified atom stereocenters. The first-order valence-electron chi connectivity index (χ1n) is 4.35. The zero-order valence-corrected chi connectivity index (χ0v) is 9.73. The molecule has 1 aromatic rings. The van der Waals surface area contributed by atoms with Crippen molar-refractivity contribution in [3.8, 4) is 0 Å². The molecule has 0 heterocycles. The van der Waals surface area contributed by atoms with Gasteiger partial charge < -0.3 is 10.4 Å². The van der Waals surface area contributed by atoms with Crippen LogP contribution in [0.2, 0.25) is 0 Å². The van der Waals surface area contributed by atoms with E-state index in [1.54, 1.807) is 20.0 Å². The van der Waals surface area contributed by atoms with Gasteiger partial charge in [-0.15, -0.1) is 0 Å². The maximum atomic E-state index is 13.4. The van der Waals surface area contributed by atoms with Crippen molar-refractivity contribution in [2.45, 2.75) is 13.0 Å². The quantitative estimate of drug-likeness (QED) is 0.874.